The third kappa shape index (κ3) is 2.51. The van der Waals surface area contributed by atoms with Crippen LogP contribution in [0.3, 0.4) is 0 Å². The Hall–Kier alpha value is -2.19. The average Bonchev–Trinajstić information content (AvgIpc) is 2.96. The monoisotopic (exact) mass is 408 g/mol. The number of carbonyl (C=O) groups excluding carboxylic acids is 1. The smallest absolute Gasteiger partial charge is 0.340 e. The fraction of sp³-hybridized carbons (Fsp3) is 0.125. The first-order chi connectivity index (χ1) is 11.5. The number of alkyl halides is 1. The molecule has 0 radical (unpaired) electrons. The van der Waals surface area contributed by atoms with Crippen LogP contribution in [0.5, 0.6) is 0 Å². The molecule has 0 aliphatic heterocycles. The molecular weight excluding hydrogens is 396 g/mol. The van der Waals surface area contributed by atoms with Gasteiger partial charge in [0.05, 0.1) is 23.3 Å². The first-order valence-electron chi connectivity index (χ1n) is 6.95. The highest BCUT2D eigenvalue weighted by molar-refractivity contribution is 9.08. The molecule has 6 nitrogen and oxygen atoms in total. The summed E-state index contributed by atoms with van der Waals surface area (Å²) in [7, 11) is -2.66. The third-order valence-corrected chi connectivity index (χ3v) is 5.85. The molecule has 0 atom stereocenters. The van der Waals surface area contributed by atoms with Crippen molar-refractivity contribution in [3.8, 4) is 0 Å². The predicted octanol–water partition coefficient (Wildman–Crippen LogP) is 2.95. The molecule has 0 amide bonds. The second kappa shape index (κ2) is 6.37. The van der Waals surface area contributed by atoms with Crippen LogP contribution in [-0.2, 0) is 20.1 Å². The molecule has 0 aliphatic rings. The average molecular weight is 409 g/mol. The van der Waals surface area contributed by atoms with Crippen LogP contribution < -0.4 is 0 Å². The number of hydrogen-bond acceptors (Lipinski definition) is 5. The molecule has 24 heavy (non-hydrogen) atoms. The summed E-state index contributed by atoms with van der Waals surface area (Å²) in [6, 6.07) is 11.3. The molecule has 0 aliphatic carbocycles. The van der Waals surface area contributed by atoms with Crippen LogP contribution in [-0.4, -0.2) is 30.5 Å². The van der Waals surface area contributed by atoms with Gasteiger partial charge in [0.15, 0.2) is 5.65 Å². The van der Waals surface area contributed by atoms with Gasteiger partial charge in [-0.3, -0.25) is 0 Å². The number of pyridine rings is 1. The molecular formula is C16H13BrN2O4S. The van der Waals surface area contributed by atoms with Gasteiger partial charge in [-0.15, -0.1) is 0 Å². The molecule has 0 saturated carbocycles. The van der Waals surface area contributed by atoms with E-state index in [0.717, 1.165) is 3.97 Å². The Bertz CT molecular complexity index is 1010. The van der Waals surface area contributed by atoms with Gasteiger partial charge in [0, 0.05) is 16.9 Å². The van der Waals surface area contributed by atoms with E-state index in [9.17, 15) is 13.2 Å². The molecule has 3 aromatic rings. The van der Waals surface area contributed by atoms with Gasteiger partial charge in [0.25, 0.3) is 10.0 Å². The van der Waals surface area contributed by atoms with E-state index in [0.29, 0.717) is 5.39 Å². The number of carbonyl (C=O) groups is 1. The molecule has 2 aromatic heterocycles. The highest BCUT2D eigenvalue weighted by atomic mass is 79.9. The minimum Gasteiger partial charge on any atom is -0.465 e. The zero-order chi connectivity index (χ0) is 17.3. The van der Waals surface area contributed by atoms with Crippen molar-refractivity contribution >= 4 is 43.0 Å². The minimum atomic E-state index is -3.91. The standard InChI is InChI=1S/C16H13BrN2O4S/c1-23-16(20)14-12-8-5-9-18-15(12)19(13(14)10-17)24(21,22)11-6-3-2-4-7-11/h2-9H,10H2,1H3. The fourth-order valence-electron chi connectivity index (χ4n) is 2.55. The molecule has 0 bridgehead atoms. The van der Waals surface area contributed by atoms with Gasteiger partial charge in [-0.1, -0.05) is 34.1 Å². The summed E-state index contributed by atoms with van der Waals surface area (Å²) >= 11 is 3.28. The molecule has 0 unspecified atom stereocenters. The van der Waals surface area contributed by atoms with E-state index in [1.54, 1.807) is 30.3 Å². The van der Waals surface area contributed by atoms with E-state index >= 15 is 0 Å². The Morgan fingerprint density at radius 2 is 1.92 bits per heavy atom. The third-order valence-electron chi connectivity index (χ3n) is 3.58. The summed E-state index contributed by atoms with van der Waals surface area (Å²) < 4.78 is 32.1. The van der Waals surface area contributed by atoms with Crippen LogP contribution in [0, 0.1) is 0 Å². The van der Waals surface area contributed by atoms with Crippen molar-refractivity contribution in [2.45, 2.75) is 10.2 Å². The summed E-state index contributed by atoms with van der Waals surface area (Å²) in [6.07, 6.45) is 1.48. The van der Waals surface area contributed by atoms with Gasteiger partial charge in [0.1, 0.15) is 0 Å². The van der Waals surface area contributed by atoms with Crippen molar-refractivity contribution in [1.29, 1.82) is 0 Å². The molecule has 3 rings (SSSR count). The van der Waals surface area contributed by atoms with Crippen LogP contribution in [0.4, 0.5) is 0 Å². The van der Waals surface area contributed by atoms with Gasteiger partial charge in [0.2, 0.25) is 0 Å². The van der Waals surface area contributed by atoms with Crippen LogP contribution in [0.15, 0.2) is 53.6 Å². The zero-order valence-electron chi connectivity index (χ0n) is 12.6. The number of methoxy groups -OCH3 is 1. The normalized spacial score (nSPS) is 11.6. The van der Waals surface area contributed by atoms with Crippen molar-refractivity contribution in [3.63, 3.8) is 0 Å². The van der Waals surface area contributed by atoms with Crippen LogP contribution in [0.2, 0.25) is 0 Å². The fourth-order valence-corrected chi connectivity index (χ4v) is 4.77. The Labute approximate surface area is 147 Å². The maximum atomic E-state index is 13.1. The van der Waals surface area contributed by atoms with E-state index in [1.807, 2.05) is 0 Å². The Morgan fingerprint density at radius 1 is 1.21 bits per heavy atom. The van der Waals surface area contributed by atoms with Crippen LogP contribution in [0.25, 0.3) is 11.0 Å². The highest BCUT2D eigenvalue weighted by Gasteiger charge is 2.30. The highest BCUT2D eigenvalue weighted by Crippen LogP contribution is 2.31. The predicted molar refractivity (Wildman–Crippen MR) is 92.7 cm³/mol. The molecule has 124 valence electrons. The molecule has 2 heterocycles. The van der Waals surface area contributed by atoms with Gasteiger partial charge < -0.3 is 4.74 Å². The number of esters is 1. The maximum Gasteiger partial charge on any atom is 0.340 e. The quantitative estimate of drug-likeness (QED) is 0.489. The lowest BCUT2D eigenvalue weighted by Crippen LogP contribution is -2.17. The van der Waals surface area contributed by atoms with Gasteiger partial charge in [-0.25, -0.2) is 22.2 Å². The van der Waals surface area contributed by atoms with Crippen molar-refractivity contribution in [2.24, 2.45) is 0 Å². The topological polar surface area (TPSA) is 78.3 Å². The van der Waals surface area contributed by atoms with Crippen molar-refractivity contribution < 1.29 is 17.9 Å². The number of aromatic nitrogens is 2. The number of nitrogens with zero attached hydrogens (tertiary/aromatic N) is 2. The number of ether oxygens (including phenoxy) is 1. The number of fused-ring (bicyclic) bond motifs is 1. The van der Waals surface area contributed by atoms with E-state index in [-0.39, 0.29) is 27.1 Å². The minimum absolute atomic E-state index is 0.117. The van der Waals surface area contributed by atoms with E-state index in [2.05, 4.69) is 20.9 Å². The first kappa shape index (κ1) is 16.7. The second-order valence-electron chi connectivity index (χ2n) is 4.90. The van der Waals surface area contributed by atoms with Crippen LogP contribution >= 0.6 is 15.9 Å². The maximum absolute atomic E-state index is 13.1. The molecule has 1 aromatic carbocycles. The lowest BCUT2D eigenvalue weighted by molar-refractivity contribution is 0.0602. The summed E-state index contributed by atoms with van der Waals surface area (Å²) in [4.78, 5) is 16.5. The van der Waals surface area contributed by atoms with Gasteiger partial charge >= 0.3 is 5.97 Å². The zero-order valence-corrected chi connectivity index (χ0v) is 15.0. The van der Waals surface area contributed by atoms with E-state index in [4.69, 9.17) is 4.74 Å². The van der Waals surface area contributed by atoms with Crippen molar-refractivity contribution in [1.82, 2.24) is 8.96 Å². The number of hydrogen-bond donors (Lipinski definition) is 0. The first-order valence-corrected chi connectivity index (χ1v) is 9.51. The SMILES string of the molecule is COC(=O)c1c(CBr)n(S(=O)(=O)c2ccccc2)c2ncccc12. The molecule has 0 saturated heterocycles. The molecule has 0 fully saturated rings. The molecule has 0 spiro atoms. The van der Waals surface area contributed by atoms with Gasteiger partial charge in [-0.2, -0.15) is 0 Å². The number of rotatable bonds is 4. The van der Waals surface area contributed by atoms with Crippen molar-refractivity contribution in [2.75, 3.05) is 7.11 Å². The largest absolute Gasteiger partial charge is 0.465 e. The lowest BCUT2D eigenvalue weighted by atomic mass is 10.2. The van der Waals surface area contributed by atoms with E-state index < -0.39 is 16.0 Å². The Balaban J connectivity index is 2.43. The van der Waals surface area contributed by atoms with Crippen molar-refractivity contribution in [3.05, 3.63) is 59.9 Å². The summed E-state index contributed by atoms with van der Waals surface area (Å²) in [5.41, 5.74) is 0.660. The number of halogens is 1. The molecule has 8 heteroatoms. The molecule has 0 N–H and O–H groups in total. The van der Waals surface area contributed by atoms with E-state index in [1.165, 1.54) is 25.4 Å². The summed E-state index contributed by atoms with van der Waals surface area (Å²) in [5, 5.41) is 0.582. The summed E-state index contributed by atoms with van der Waals surface area (Å²) in [5.74, 6) is -0.607. The number of benzene rings is 1. The van der Waals surface area contributed by atoms with Crippen LogP contribution in [0.1, 0.15) is 16.1 Å². The Kier molecular flexibility index (Phi) is 4.42. The lowest BCUT2D eigenvalue weighted by Gasteiger charge is -2.10. The Morgan fingerprint density at radius 3 is 2.54 bits per heavy atom. The second-order valence-corrected chi connectivity index (χ2v) is 7.25. The summed E-state index contributed by atoms with van der Waals surface area (Å²) in [6.45, 7) is 0. The van der Waals surface area contributed by atoms with Gasteiger partial charge in [-0.05, 0) is 24.3 Å².